The molecule has 1 rings (SSSR count). The van der Waals surface area contributed by atoms with E-state index in [1.807, 2.05) is 0 Å². The third-order valence-electron chi connectivity index (χ3n) is 2.32. The summed E-state index contributed by atoms with van der Waals surface area (Å²) in [6, 6.07) is 0. The summed E-state index contributed by atoms with van der Waals surface area (Å²) in [7, 11) is 0. The summed E-state index contributed by atoms with van der Waals surface area (Å²) < 4.78 is 0. The second-order valence-electron chi connectivity index (χ2n) is 3.08. The van der Waals surface area contributed by atoms with Gasteiger partial charge in [0.15, 0.2) is 0 Å². The van der Waals surface area contributed by atoms with Gasteiger partial charge in [0, 0.05) is 5.88 Å². The molecule has 1 saturated carbocycles. The van der Waals surface area contributed by atoms with Crippen LogP contribution in [0.2, 0.25) is 0 Å². The molecule has 0 aliphatic heterocycles. The molecule has 0 bridgehead atoms. The third kappa shape index (κ3) is 2.02. The van der Waals surface area contributed by atoms with Crippen LogP contribution in [-0.2, 0) is 0 Å². The molecule has 0 saturated heterocycles. The Hall–Kier alpha value is 0.0300. The molecule has 1 aliphatic rings. The molecule has 58 valence electrons. The van der Waals surface area contributed by atoms with Gasteiger partial charge in [-0.2, -0.15) is 0 Å². The van der Waals surface area contributed by atoms with E-state index >= 15 is 0 Å². The quantitative estimate of drug-likeness (QED) is 0.406. The Morgan fingerprint density at radius 3 is 3.00 bits per heavy atom. The van der Waals surface area contributed by atoms with Gasteiger partial charge < -0.3 is 0 Å². The molecule has 1 atom stereocenters. The highest BCUT2D eigenvalue weighted by molar-refractivity contribution is 6.18. The van der Waals surface area contributed by atoms with Crippen LogP contribution < -0.4 is 0 Å². The van der Waals surface area contributed by atoms with Crippen LogP contribution in [-0.4, -0.2) is 5.88 Å². The number of hydrogen-bond donors (Lipinski definition) is 0. The number of rotatable bonds is 1. The predicted molar refractivity (Wildman–Crippen MR) is 46.4 cm³/mol. The second kappa shape index (κ2) is 4.02. The minimum absolute atomic E-state index is 0.694. The zero-order valence-corrected chi connectivity index (χ0v) is 7.32. The molecule has 0 radical (unpaired) electrons. The first-order chi connectivity index (χ1) is 4.84. The highest BCUT2D eigenvalue weighted by Gasteiger charge is 2.12. The maximum absolute atomic E-state index is 5.62. The summed E-state index contributed by atoms with van der Waals surface area (Å²) in [5, 5.41) is 0. The monoisotopic (exact) mass is 158 g/mol. The van der Waals surface area contributed by atoms with Gasteiger partial charge >= 0.3 is 0 Å². The number of halogens is 1. The molecule has 0 amide bonds. The van der Waals surface area contributed by atoms with Crippen molar-refractivity contribution in [2.75, 3.05) is 5.88 Å². The van der Waals surface area contributed by atoms with E-state index in [-0.39, 0.29) is 0 Å². The standard InChI is InChI=1S/C9H15Cl/c1-8-4-2-3-5-9(8)6-7-10/h6,8H,2-5,7H2,1H3/b9-6-. The lowest BCUT2D eigenvalue weighted by molar-refractivity contribution is 0.483. The van der Waals surface area contributed by atoms with Gasteiger partial charge in [-0.05, 0) is 25.2 Å². The maximum atomic E-state index is 5.62. The highest BCUT2D eigenvalue weighted by atomic mass is 35.5. The lowest BCUT2D eigenvalue weighted by Gasteiger charge is -2.21. The van der Waals surface area contributed by atoms with Gasteiger partial charge in [0.25, 0.3) is 0 Å². The van der Waals surface area contributed by atoms with E-state index < -0.39 is 0 Å². The molecule has 1 aliphatic carbocycles. The third-order valence-corrected chi connectivity index (χ3v) is 2.48. The van der Waals surface area contributed by atoms with Crippen molar-refractivity contribution in [3.8, 4) is 0 Å². The summed E-state index contributed by atoms with van der Waals surface area (Å²) in [5.41, 5.74) is 1.58. The molecule has 1 unspecified atom stereocenters. The van der Waals surface area contributed by atoms with Crippen molar-refractivity contribution >= 4 is 11.6 Å². The fourth-order valence-corrected chi connectivity index (χ4v) is 1.81. The topological polar surface area (TPSA) is 0 Å². The lowest BCUT2D eigenvalue weighted by Crippen LogP contribution is -2.05. The van der Waals surface area contributed by atoms with Gasteiger partial charge in [0.1, 0.15) is 0 Å². The molecule has 0 aromatic carbocycles. The Bertz CT molecular complexity index is 127. The SMILES string of the molecule is CC1CCCC/C1=C/CCl. The van der Waals surface area contributed by atoms with Gasteiger partial charge in [-0.1, -0.05) is 25.0 Å². The minimum atomic E-state index is 0.694. The molecular formula is C9H15Cl. The molecule has 0 aromatic rings. The smallest absolute Gasteiger partial charge is 0.0406 e. The van der Waals surface area contributed by atoms with Gasteiger partial charge in [-0.25, -0.2) is 0 Å². The largest absolute Gasteiger partial charge is 0.122 e. The van der Waals surface area contributed by atoms with Crippen molar-refractivity contribution in [2.24, 2.45) is 5.92 Å². The Morgan fingerprint density at radius 2 is 2.40 bits per heavy atom. The number of hydrogen-bond acceptors (Lipinski definition) is 0. The Kier molecular flexibility index (Phi) is 3.27. The van der Waals surface area contributed by atoms with Crippen LogP contribution in [0.1, 0.15) is 32.6 Å². The van der Waals surface area contributed by atoms with Crippen LogP contribution in [0.5, 0.6) is 0 Å². The van der Waals surface area contributed by atoms with E-state index in [2.05, 4.69) is 13.0 Å². The van der Waals surface area contributed by atoms with Gasteiger partial charge in [-0.3, -0.25) is 0 Å². The van der Waals surface area contributed by atoms with Crippen molar-refractivity contribution in [2.45, 2.75) is 32.6 Å². The molecule has 0 spiro atoms. The van der Waals surface area contributed by atoms with E-state index in [0.29, 0.717) is 5.88 Å². The first-order valence-electron chi connectivity index (χ1n) is 4.09. The van der Waals surface area contributed by atoms with Gasteiger partial charge in [0.05, 0.1) is 0 Å². The fourth-order valence-electron chi connectivity index (χ4n) is 1.61. The average Bonchev–Trinajstić information content (AvgIpc) is 1.94. The van der Waals surface area contributed by atoms with Gasteiger partial charge in [-0.15, -0.1) is 11.6 Å². The summed E-state index contributed by atoms with van der Waals surface area (Å²) in [6.45, 7) is 2.30. The lowest BCUT2D eigenvalue weighted by atomic mass is 9.86. The van der Waals surface area contributed by atoms with E-state index in [1.165, 1.54) is 25.7 Å². The normalized spacial score (nSPS) is 31.0. The Balaban J connectivity index is 2.47. The van der Waals surface area contributed by atoms with Crippen LogP contribution in [0.3, 0.4) is 0 Å². The first-order valence-corrected chi connectivity index (χ1v) is 4.63. The average molecular weight is 159 g/mol. The van der Waals surface area contributed by atoms with Crippen LogP contribution >= 0.6 is 11.6 Å². The fraction of sp³-hybridized carbons (Fsp3) is 0.778. The van der Waals surface area contributed by atoms with Crippen molar-refractivity contribution < 1.29 is 0 Å². The van der Waals surface area contributed by atoms with Crippen LogP contribution in [0.4, 0.5) is 0 Å². The molecule has 1 heteroatoms. The summed E-state index contributed by atoms with van der Waals surface area (Å²) in [5.74, 6) is 1.49. The zero-order valence-electron chi connectivity index (χ0n) is 6.57. The summed E-state index contributed by atoms with van der Waals surface area (Å²) in [6.07, 6.45) is 7.61. The van der Waals surface area contributed by atoms with Crippen molar-refractivity contribution in [3.05, 3.63) is 11.6 Å². The number of alkyl halides is 1. The second-order valence-corrected chi connectivity index (χ2v) is 3.39. The molecule has 1 fully saturated rings. The zero-order chi connectivity index (χ0) is 7.40. The predicted octanol–water partition coefficient (Wildman–Crippen LogP) is 3.36. The molecule has 0 nitrogen and oxygen atoms in total. The summed E-state index contributed by atoms with van der Waals surface area (Å²) >= 11 is 5.62. The maximum Gasteiger partial charge on any atom is 0.0406 e. The van der Waals surface area contributed by atoms with Crippen LogP contribution in [0, 0.1) is 5.92 Å². The van der Waals surface area contributed by atoms with Crippen molar-refractivity contribution in [1.82, 2.24) is 0 Å². The highest BCUT2D eigenvalue weighted by Crippen LogP contribution is 2.28. The first kappa shape index (κ1) is 8.13. The van der Waals surface area contributed by atoms with Crippen molar-refractivity contribution in [1.29, 1.82) is 0 Å². The minimum Gasteiger partial charge on any atom is -0.122 e. The number of allylic oxidation sites excluding steroid dienone is 2. The van der Waals surface area contributed by atoms with E-state index in [4.69, 9.17) is 11.6 Å². The van der Waals surface area contributed by atoms with E-state index in [9.17, 15) is 0 Å². The molecule has 10 heavy (non-hydrogen) atoms. The van der Waals surface area contributed by atoms with Crippen molar-refractivity contribution in [3.63, 3.8) is 0 Å². The Labute approximate surface area is 68.3 Å². The molecule has 0 N–H and O–H groups in total. The Morgan fingerprint density at radius 1 is 1.60 bits per heavy atom. The van der Waals surface area contributed by atoms with Crippen LogP contribution in [0.15, 0.2) is 11.6 Å². The molecule has 0 heterocycles. The molecule has 0 aromatic heterocycles. The molecular weight excluding hydrogens is 144 g/mol. The van der Waals surface area contributed by atoms with Gasteiger partial charge in [0.2, 0.25) is 0 Å². The van der Waals surface area contributed by atoms with E-state index in [0.717, 1.165) is 5.92 Å². The summed E-state index contributed by atoms with van der Waals surface area (Å²) in [4.78, 5) is 0. The van der Waals surface area contributed by atoms with E-state index in [1.54, 1.807) is 5.57 Å². The van der Waals surface area contributed by atoms with Crippen LogP contribution in [0.25, 0.3) is 0 Å².